The lowest BCUT2D eigenvalue weighted by molar-refractivity contribution is -0.144. The molecule has 6 unspecified atom stereocenters. The summed E-state index contributed by atoms with van der Waals surface area (Å²) in [7, 11) is 2.68. The number of halogens is 1. The molecule has 112 valence electrons. The molecule has 9 atom stereocenters. The van der Waals surface area contributed by atoms with Crippen LogP contribution in [0.2, 0.25) is 0 Å². The Hall–Kier alpha value is -0.840. The normalized spacial score (nSPS) is 53.1. The molecule has 0 aromatic heterocycles. The zero-order valence-corrected chi connectivity index (χ0v) is 13.5. The topological polar surface area (TPSA) is 52.6 Å². The molecule has 6 rings (SSSR count). The number of hydrogen-bond acceptors (Lipinski definition) is 4. The second kappa shape index (κ2) is 3.73. The second-order valence-electron chi connectivity index (χ2n) is 7.18. The summed E-state index contributed by atoms with van der Waals surface area (Å²) in [6, 6.07) is 0. The van der Waals surface area contributed by atoms with Crippen molar-refractivity contribution in [1.29, 1.82) is 0 Å². The number of allylic oxidation sites excluding steroid dienone is 1. The van der Waals surface area contributed by atoms with Gasteiger partial charge in [-0.1, -0.05) is 15.9 Å². The first-order valence-corrected chi connectivity index (χ1v) is 8.58. The van der Waals surface area contributed by atoms with Crippen molar-refractivity contribution in [3.8, 4) is 0 Å². The highest BCUT2D eigenvalue weighted by atomic mass is 79.9. The number of hydrogen-bond donors (Lipinski definition) is 0. The fourth-order valence-electron chi connectivity index (χ4n) is 7.12. The Labute approximate surface area is 131 Å². The molecule has 5 heteroatoms. The van der Waals surface area contributed by atoms with E-state index in [0.717, 1.165) is 17.4 Å². The van der Waals surface area contributed by atoms with E-state index >= 15 is 0 Å². The predicted octanol–water partition coefficient (Wildman–Crippen LogP) is 1.78. The molecular formula is C16H17BrO4. The molecule has 0 N–H and O–H groups in total. The number of ether oxygens (including phenoxy) is 2. The maximum absolute atomic E-state index is 12.2. The molecule has 21 heavy (non-hydrogen) atoms. The molecule has 6 aliphatic rings. The molecule has 0 saturated heterocycles. The standard InChI is InChI=1S/C16H17BrO4/c1-20-15(18)13(16(19)21-2)11-6-4-3-5-7(6)12-10(11)8(4)9(5)14(12)17/h4-10,12,14H,3H2,1-2H3/t4-,5+,6?,7?,8?,9?,10?,12?,14-/m0/s1. The average Bonchev–Trinajstić information content (AvgIpc) is 3.21. The predicted molar refractivity (Wildman–Crippen MR) is 76.3 cm³/mol. The van der Waals surface area contributed by atoms with Gasteiger partial charge in [-0.15, -0.1) is 0 Å². The summed E-state index contributed by atoms with van der Waals surface area (Å²) >= 11 is 3.92. The van der Waals surface area contributed by atoms with Gasteiger partial charge >= 0.3 is 11.9 Å². The summed E-state index contributed by atoms with van der Waals surface area (Å²) in [5.41, 5.74) is 1.29. The summed E-state index contributed by atoms with van der Waals surface area (Å²) in [4.78, 5) is 24.9. The molecule has 6 aliphatic carbocycles. The lowest BCUT2D eigenvalue weighted by Gasteiger charge is -2.32. The zero-order chi connectivity index (χ0) is 14.6. The third-order valence-electron chi connectivity index (χ3n) is 7.14. The van der Waals surface area contributed by atoms with Gasteiger partial charge in [0.25, 0.3) is 0 Å². The lowest BCUT2D eigenvalue weighted by Crippen LogP contribution is -2.30. The Morgan fingerprint density at radius 3 is 2.14 bits per heavy atom. The third kappa shape index (κ3) is 1.11. The maximum atomic E-state index is 12.2. The molecule has 4 nitrogen and oxygen atoms in total. The minimum Gasteiger partial charge on any atom is -0.465 e. The van der Waals surface area contributed by atoms with Crippen LogP contribution in [-0.2, 0) is 19.1 Å². The van der Waals surface area contributed by atoms with E-state index in [9.17, 15) is 9.59 Å². The van der Waals surface area contributed by atoms with E-state index in [1.807, 2.05) is 0 Å². The molecule has 0 aromatic carbocycles. The fraction of sp³-hybridized carbons (Fsp3) is 0.750. The van der Waals surface area contributed by atoms with Crippen molar-refractivity contribution in [1.82, 2.24) is 0 Å². The fourth-order valence-corrected chi connectivity index (χ4v) is 8.55. The van der Waals surface area contributed by atoms with Crippen molar-refractivity contribution >= 4 is 27.9 Å². The van der Waals surface area contributed by atoms with Crippen molar-refractivity contribution in [3.05, 3.63) is 11.1 Å². The summed E-state index contributed by atoms with van der Waals surface area (Å²) < 4.78 is 9.76. The summed E-state index contributed by atoms with van der Waals surface area (Å²) in [6.07, 6.45) is 1.29. The van der Waals surface area contributed by atoms with Crippen LogP contribution in [0.1, 0.15) is 6.42 Å². The van der Waals surface area contributed by atoms with Crippen LogP contribution in [0.25, 0.3) is 0 Å². The first-order valence-electron chi connectivity index (χ1n) is 7.66. The smallest absolute Gasteiger partial charge is 0.345 e. The van der Waals surface area contributed by atoms with Crippen LogP contribution < -0.4 is 0 Å². The summed E-state index contributed by atoms with van der Waals surface area (Å²) in [5.74, 6) is 4.04. The van der Waals surface area contributed by atoms with Crippen molar-refractivity contribution in [2.45, 2.75) is 11.2 Å². The number of esters is 2. The first kappa shape index (κ1) is 12.7. The molecular weight excluding hydrogens is 336 g/mol. The van der Waals surface area contributed by atoms with Gasteiger partial charge < -0.3 is 9.47 Å². The van der Waals surface area contributed by atoms with Crippen LogP contribution in [0.15, 0.2) is 11.1 Å². The Balaban J connectivity index is 1.71. The van der Waals surface area contributed by atoms with Gasteiger partial charge in [-0.25, -0.2) is 9.59 Å². The van der Waals surface area contributed by atoms with Gasteiger partial charge in [-0.05, 0) is 59.3 Å². The van der Waals surface area contributed by atoms with E-state index in [1.165, 1.54) is 20.6 Å². The Bertz CT molecular complexity index is 591. The third-order valence-corrected chi connectivity index (χ3v) is 8.36. The minimum atomic E-state index is -0.518. The van der Waals surface area contributed by atoms with E-state index in [0.29, 0.717) is 40.3 Å². The highest BCUT2D eigenvalue weighted by Crippen LogP contribution is 2.85. The highest BCUT2D eigenvalue weighted by Gasteiger charge is 2.82. The van der Waals surface area contributed by atoms with E-state index in [4.69, 9.17) is 9.47 Å². The molecule has 0 aliphatic heterocycles. The van der Waals surface area contributed by atoms with E-state index < -0.39 is 11.9 Å². The minimum absolute atomic E-state index is 0.206. The quantitative estimate of drug-likeness (QED) is 0.250. The van der Waals surface area contributed by atoms with E-state index in [1.54, 1.807) is 0 Å². The number of methoxy groups -OCH3 is 2. The molecule has 0 spiro atoms. The van der Waals surface area contributed by atoms with E-state index in [-0.39, 0.29) is 5.57 Å². The number of alkyl halides is 1. The molecule has 6 fully saturated rings. The zero-order valence-electron chi connectivity index (χ0n) is 11.9. The summed E-state index contributed by atoms with van der Waals surface area (Å²) in [6.45, 7) is 0. The van der Waals surface area contributed by atoms with Gasteiger partial charge in [0.2, 0.25) is 0 Å². The van der Waals surface area contributed by atoms with Gasteiger partial charge in [0.1, 0.15) is 5.57 Å². The monoisotopic (exact) mass is 352 g/mol. The van der Waals surface area contributed by atoms with Crippen molar-refractivity contribution in [2.75, 3.05) is 14.2 Å². The lowest BCUT2D eigenvalue weighted by atomic mass is 9.71. The number of carbonyl (C=O) groups excluding carboxylic acids is 2. The molecule has 6 saturated carbocycles. The summed E-state index contributed by atoms with van der Waals surface area (Å²) in [5, 5.41) is 0. The number of carbonyl (C=O) groups is 2. The Morgan fingerprint density at radius 2 is 1.57 bits per heavy atom. The molecule has 0 radical (unpaired) electrons. The highest BCUT2D eigenvalue weighted by molar-refractivity contribution is 9.09. The van der Waals surface area contributed by atoms with E-state index in [2.05, 4.69) is 15.9 Å². The molecule has 6 bridgehead atoms. The Morgan fingerprint density at radius 1 is 0.952 bits per heavy atom. The van der Waals surface area contributed by atoms with Crippen molar-refractivity contribution in [3.63, 3.8) is 0 Å². The van der Waals surface area contributed by atoms with Crippen LogP contribution in [0.4, 0.5) is 0 Å². The second-order valence-corrected chi connectivity index (χ2v) is 8.24. The van der Waals surface area contributed by atoms with Gasteiger partial charge in [0.05, 0.1) is 14.2 Å². The van der Waals surface area contributed by atoms with Gasteiger partial charge in [-0.2, -0.15) is 0 Å². The molecule has 0 aromatic rings. The Kier molecular flexibility index (Phi) is 2.25. The SMILES string of the molecule is COC(=O)C(C(=O)OC)=C1C2C3C4C1[C@@H]1C[C@H]4C(C21)[C@@H]3Br. The van der Waals surface area contributed by atoms with Crippen molar-refractivity contribution in [2.24, 2.45) is 47.3 Å². The first-order chi connectivity index (χ1) is 10.1. The van der Waals surface area contributed by atoms with Gasteiger partial charge in [0, 0.05) is 4.83 Å². The van der Waals surface area contributed by atoms with Crippen molar-refractivity contribution < 1.29 is 19.1 Å². The largest absolute Gasteiger partial charge is 0.465 e. The molecule has 0 amide bonds. The maximum Gasteiger partial charge on any atom is 0.345 e. The molecule has 0 heterocycles. The van der Waals surface area contributed by atoms with Gasteiger partial charge in [-0.3, -0.25) is 0 Å². The van der Waals surface area contributed by atoms with Crippen LogP contribution in [0.3, 0.4) is 0 Å². The average molecular weight is 353 g/mol. The van der Waals surface area contributed by atoms with Crippen LogP contribution in [0.5, 0.6) is 0 Å². The number of rotatable bonds is 2. The van der Waals surface area contributed by atoms with Crippen LogP contribution in [-0.4, -0.2) is 31.0 Å². The van der Waals surface area contributed by atoms with Gasteiger partial charge in [0.15, 0.2) is 0 Å². The van der Waals surface area contributed by atoms with Crippen LogP contribution >= 0.6 is 15.9 Å². The van der Waals surface area contributed by atoms with Crippen LogP contribution in [0, 0.1) is 47.3 Å².